The number of anilines is 1. The second-order valence-corrected chi connectivity index (χ2v) is 4.33. The van der Waals surface area contributed by atoms with Gasteiger partial charge in [-0.1, -0.05) is 6.92 Å². The summed E-state index contributed by atoms with van der Waals surface area (Å²) in [6.45, 7) is 3.38. The molecular formula is C12H19F3N4. The van der Waals surface area contributed by atoms with E-state index in [0.29, 0.717) is 12.4 Å². The molecule has 0 aromatic carbocycles. The molecule has 0 aliphatic carbocycles. The third-order valence-corrected chi connectivity index (χ3v) is 2.53. The third-order valence-electron chi connectivity index (χ3n) is 2.53. The summed E-state index contributed by atoms with van der Waals surface area (Å²) in [6, 6.07) is 0. The Morgan fingerprint density at radius 2 is 2.05 bits per heavy atom. The van der Waals surface area contributed by atoms with E-state index in [1.54, 1.807) is 13.2 Å². The van der Waals surface area contributed by atoms with Crippen molar-refractivity contribution in [3.05, 3.63) is 18.1 Å². The minimum Gasteiger partial charge on any atom is -0.358 e. The Hall–Kier alpha value is -1.37. The predicted octanol–water partition coefficient (Wildman–Crippen LogP) is 2.36. The molecule has 0 radical (unpaired) electrons. The number of rotatable bonds is 7. The van der Waals surface area contributed by atoms with Crippen LogP contribution in [0.15, 0.2) is 12.4 Å². The normalized spacial score (nSPS) is 11.6. The molecule has 0 aliphatic heterocycles. The van der Waals surface area contributed by atoms with Gasteiger partial charge >= 0.3 is 6.18 Å². The molecule has 0 fully saturated rings. The number of alkyl halides is 3. The van der Waals surface area contributed by atoms with E-state index in [2.05, 4.69) is 22.2 Å². The Bertz CT molecular complexity index is 381. The van der Waals surface area contributed by atoms with Crippen LogP contribution in [0.5, 0.6) is 0 Å². The molecule has 19 heavy (non-hydrogen) atoms. The summed E-state index contributed by atoms with van der Waals surface area (Å²) >= 11 is 0. The van der Waals surface area contributed by atoms with Crippen molar-refractivity contribution in [2.24, 2.45) is 0 Å². The van der Waals surface area contributed by atoms with Gasteiger partial charge in [-0.05, 0) is 13.0 Å². The molecule has 1 heterocycles. The summed E-state index contributed by atoms with van der Waals surface area (Å²) in [6.07, 6.45) is -0.909. The van der Waals surface area contributed by atoms with Gasteiger partial charge < -0.3 is 10.2 Å². The minimum atomic E-state index is -4.15. The van der Waals surface area contributed by atoms with Gasteiger partial charge in [-0.2, -0.15) is 13.2 Å². The van der Waals surface area contributed by atoms with Crippen LogP contribution in [0.3, 0.4) is 0 Å². The molecule has 4 nitrogen and oxygen atoms in total. The molecule has 0 atom stereocenters. The fourth-order valence-corrected chi connectivity index (χ4v) is 1.47. The summed E-state index contributed by atoms with van der Waals surface area (Å²) in [5.41, 5.74) is 0.727. The van der Waals surface area contributed by atoms with Crippen molar-refractivity contribution in [3.63, 3.8) is 0 Å². The van der Waals surface area contributed by atoms with Crippen LogP contribution in [-0.2, 0) is 6.54 Å². The zero-order chi connectivity index (χ0) is 14.3. The van der Waals surface area contributed by atoms with Gasteiger partial charge in [0.05, 0.1) is 18.3 Å². The molecule has 0 amide bonds. The van der Waals surface area contributed by atoms with E-state index in [4.69, 9.17) is 0 Å². The van der Waals surface area contributed by atoms with E-state index in [0.717, 1.165) is 18.7 Å². The van der Waals surface area contributed by atoms with Crippen molar-refractivity contribution in [2.75, 3.05) is 25.0 Å². The largest absolute Gasteiger partial charge is 0.390 e. The highest BCUT2D eigenvalue weighted by atomic mass is 19.4. The molecule has 1 aromatic heterocycles. The second-order valence-electron chi connectivity index (χ2n) is 4.33. The lowest BCUT2D eigenvalue weighted by Gasteiger charge is -2.19. The Morgan fingerprint density at radius 1 is 1.32 bits per heavy atom. The maximum atomic E-state index is 12.1. The number of nitrogens with zero attached hydrogens (tertiary/aromatic N) is 3. The van der Waals surface area contributed by atoms with E-state index in [1.807, 2.05) is 0 Å². The lowest BCUT2D eigenvalue weighted by atomic mass is 10.3. The fraction of sp³-hybridized carbons (Fsp3) is 0.667. The fourth-order valence-electron chi connectivity index (χ4n) is 1.47. The van der Waals surface area contributed by atoms with Crippen molar-refractivity contribution in [3.8, 4) is 0 Å². The summed E-state index contributed by atoms with van der Waals surface area (Å²) in [4.78, 5) is 9.74. The summed E-state index contributed by atoms with van der Waals surface area (Å²) in [5.74, 6) is 0.458. The van der Waals surface area contributed by atoms with Crippen LogP contribution in [-0.4, -0.2) is 36.3 Å². The highest BCUT2D eigenvalue weighted by molar-refractivity contribution is 5.34. The van der Waals surface area contributed by atoms with Gasteiger partial charge in [0.2, 0.25) is 0 Å². The van der Waals surface area contributed by atoms with Crippen molar-refractivity contribution in [1.29, 1.82) is 0 Å². The van der Waals surface area contributed by atoms with E-state index in [9.17, 15) is 13.2 Å². The first-order chi connectivity index (χ1) is 8.92. The lowest BCUT2D eigenvalue weighted by molar-refractivity contribution is -0.132. The molecule has 1 N–H and O–H groups in total. The minimum absolute atomic E-state index is 0.121. The van der Waals surface area contributed by atoms with E-state index >= 15 is 0 Å². The van der Waals surface area contributed by atoms with Crippen molar-refractivity contribution in [1.82, 2.24) is 15.3 Å². The standard InChI is InChI=1S/C12H19F3N4/c1-3-5-16-7-10-8-17-9-11(18-10)19(2)6-4-12(13,14)15/h8-9,16H,3-7H2,1-2H3. The zero-order valence-corrected chi connectivity index (χ0v) is 11.2. The number of nitrogens with one attached hydrogen (secondary N) is 1. The smallest absolute Gasteiger partial charge is 0.358 e. The van der Waals surface area contributed by atoms with E-state index in [1.165, 1.54) is 11.1 Å². The zero-order valence-electron chi connectivity index (χ0n) is 11.2. The van der Waals surface area contributed by atoms with Crippen LogP contribution in [0.25, 0.3) is 0 Å². The number of halogens is 3. The quantitative estimate of drug-likeness (QED) is 0.776. The summed E-state index contributed by atoms with van der Waals surface area (Å²) in [5, 5.41) is 3.17. The van der Waals surface area contributed by atoms with Gasteiger partial charge in [0.25, 0.3) is 0 Å². The number of hydrogen-bond donors (Lipinski definition) is 1. The monoisotopic (exact) mass is 276 g/mol. The molecule has 0 bridgehead atoms. The topological polar surface area (TPSA) is 41.1 Å². The molecule has 0 spiro atoms. The summed E-state index contributed by atoms with van der Waals surface area (Å²) in [7, 11) is 1.58. The van der Waals surface area contributed by atoms with Crippen LogP contribution in [0.1, 0.15) is 25.5 Å². The Kier molecular flexibility index (Phi) is 6.01. The maximum absolute atomic E-state index is 12.1. The predicted molar refractivity (Wildman–Crippen MR) is 68.0 cm³/mol. The SMILES string of the molecule is CCCNCc1cncc(N(C)CCC(F)(F)F)n1. The lowest BCUT2D eigenvalue weighted by Crippen LogP contribution is -2.25. The highest BCUT2D eigenvalue weighted by Crippen LogP contribution is 2.20. The van der Waals surface area contributed by atoms with Gasteiger partial charge in [0, 0.05) is 26.3 Å². The van der Waals surface area contributed by atoms with Crippen LogP contribution in [0, 0.1) is 0 Å². The molecule has 7 heteroatoms. The Balaban J connectivity index is 2.55. The third kappa shape index (κ3) is 6.37. The molecule has 0 saturated heterocycles. The highest BCUT2D eigenvalue weighted by Gasteiger charge is 2.27. The number of hydrogen-bond acceptors (Lipinski definition) is 4. The second kappa shape index (κ2) is 7.28. The van der Waals surface area contributed by atoms with Crippen molar-refractivity contribution < 1.29 is 13.2 Å². The summed E-state index contributed by atoms with van der Waals surface area (Å²) < 4.78 is 36.4. The van der Waals surface area contributed by atoms with Crippen LogP contribution in [0.2, 0.25) is 0 Å². The Morgan fingerprint density at radius 3 is 2.68 bits per heavy atom. The van der Waals surface area contributed by atoms with E-state index < -0.39 is 12.6 Å². The van der Waals surface area contributed by atoms with Gasteiger partial charge in [-0.25, -0.2) is 4.98 Å². The first kappa shape index (κ1) is 15.7. The van der Waals surface area contributed by atoms with Gasteiger partial charge in [-0.15, -0.1) is 0 Å². The van der Waals surface area contributed by atoms with Crippen LogP contribution < -0.4 is 10.2 Å². The first-order valence-electron chi connectivity index (χ1n) is 6.22. The van der Waals surface area contributed by atoms with Crippen molar-refractivity contribution in [2.45, 2.75) is 32.5 Å². The molecule has 0 unspecified atom stereocenters. The average Bonchev–Trinajstić information content (AvgIpc) is 2.36. The van der Waals surface area contributed by atoms with Gasteiger partial charge in [0.15, 0.2) is 0 Å². The molecule has 108 valence electrons. The Labute approximate surface area is 111 Å². The van der Waals surface area contributed by atoms with Gasteiger partial charge in [-0.3, -0.25) is 4.98 Å². The average molecular weight is 276 g/mol. The van der Waals surface area contributed by atoms with Crippen molar-refractivity contribution >= 4 is 5.82 Å². The van der Waals surface area contributed by atoms with E-state index in [-0.39, 0.29) is 6.54 Å². The molecule has 1 aromatic rings. The van der Waals surface area contributed by atoms with Crippen LogP contribution in [0.4, 0.5) is 19.0 Å². The molecule has 0 aliphatic rings. The first-order valence-corrected chi connectivity index (χ1v) is 6.22. The maximum Gasteiger partial charge on any atom is 0.390 e. The molecule has 1 rings (SSSR count). The number of aromatic nitrogens is 2. The van der Waals surface area contributed by atoms with Crippen LogP contribution >= 0.6 is 0 Å². The molecule has 0 saturated carbocycles. The molecular weight excluding hydrogens is 257 g/mol. The van der Waals surface area contributed by atoms with Gasteiger partial charge in [0.1, 0.15) is 5.82 Å².